The lowest BCUT2D eigenvalue weighted by atomic mass is 9.93. The molecule has 2 saturated heterocycles. The number of thioether (sulfide) groups is 1. The highest BCUT2D eigenvalue weighted by atomic mass is 32.2. The molecule has 0 atom stereocenters. The molecule has 0 radical (unpaired) electrons. The Bertz CT molecular complexity index is 1020. The third-order valence-corrected chi connectivity index (χ3v) is 7.61. The van der Waals surface area contributed by atoms with E-state index in [9.17, 15) is 4.79 Å². The van der Waals surface area contributed by atoms with E-state index in [1.54, 1.807) is 0 Å². The second-order valence-corrected chi connectivity index (χ2v) is 10.2. The van der Waals surface area contributed by atoms with Gasteiger partial charge in [-0.1, -0.05) is 30.3 Å². The summed E-state index contributed by atoms with van der Waals surface area (Å²) in [6, 6.07) is 19.1. The number of aromatic nitrogens is 1. The van der Waals surface area contributed by atoms with Gasteiger partial charge in [0.1, 0.15) is 0 Å². The monoisotopic (exact) mass is 448 g/mol. The fraction of sp³-hybridized carbons (Fsp3) is 0.423. The molecule has 32 heavy (non-hydrogen) atoms. The number of para-hydroxylation sites is 1. The Balaban J connectivity index is 1.11. The molecule has 2 fully saturated rings. The second-order valence-electron chi connectivity index (χ2n) is 9.00. The SMILES string of the molecule is O=C(CN1CCC(c2cc3ccccc3[nH]2)CC1)Nc1cccc(CN2CCSCC2)c1. The van der Waals surface area contributed by atoms with Crippen LogP contribution in [0, 0.1) is 0 Å². The molecule has 5 nitrogen and oxygen atoms in total. The van der Waals surface area contributed by atoms with E-state index in [1.165, 1.54) is 33.7 Å². The van der Waals surface area contributed by atoms with Crippen molar-refractivity contribution in [2.45, 2.75) is 25.3 Å². The van der Waals surface area contributed by atoms with Gasteiger partial charge in [0.25, 0.3) is 0 Å². The van der Waals surface area contributed by atoms with Crippen molar-refractivity contribution in [1.29, 1.82) is 0 Å². The van der Waals surface area contributed by atoms with Crippen molar-refractivity contribution in [2.24, 2.45) is 0 Å². The molecule has 0 bridgehead atoms. The minimum absolute atomic E-state index is 0.0839. The highest BCUT2D eigenvalue weighted by Crippen LogP contribution is 2.29. The van der Waals surface area contributed by atoms with Crippen molar-refractivity contribution in [3.05, 3.63) is 65.9 Å². The van der Waals surface area contributed by atoms with Gasteiger partial charge in [0.15, 0.2) is 0 Å². The third-order valence-electron chi connectivity index (χ3n) is 6.67. The number of aromatic amines is 1. The maximum Gasteiger partial charge on any atom is 0.238 e. The molecule has 2 aromatic carbocycles. The number of benzene rings is 2. The summed E-state index contributed by atoms with van der Waals surface area (Å²) < 4.78 is 0. The average molecular weight is 449 g/mol. The molecule has 0 spiro atoms. The summed E-state index contributed by atoms with van der Waals surface area (Å²) in [5.74, 6) is 3.06. The van der Waals surface area contributed by atoms with Crippen LogP contribution in [0.2, 0.25) is 0 Å². The van der Waals surface area contributed by atoms with Gasteiger partial charge >= 0.3 is 0 Å². The number of likely N-dealkylation sites (tertiary alicyclic amines) is 1. The van der Waals surface area contributed by atoms with Gasteiger partial charge in [-0.3, -0.25) is 14.6 Å². The number of anilines is 1. The van der Waals surface area contributed by atoms with Crippen molar-refractivity contribution in [3.63, 3.8) is 0 Å². The van der Waals surface area contributed by atoms with Gasteiger partial charge < -0.3 is 10.3 Å². The Morgan fingerprint density at radius 3 is 2.59 bits per heavy atom. The van der Waals surface area contributed by atoms with Crippen LogP contribution in [-0.4, -0.2) is 64.9 Å². The molecular formula is C26H32N4OS. The van der Waals surface area contributed by atoms with E-state index in [0.29, 0.717) is 12.5 Å². The number of H-pyrrole nitrogens is 1. The minimum atomic E-state index is 0.0839. The van der Waals surface area contributed by atoms with Crippen LogP contribution in [0.15, 0.2) is 54.6 Å². The quantitative estimate of drug-likeness (QED) is 0.582. The smallest absolute Gasteiger partial charge is 0.238 e. The van der Waals surface area contributed by atoms with E-state index in [1.807, 2.05) is 17.8 Å². The molecule has 1 amide bonds. The molecule has 0 aliphatic carbocycles. The van der Waals surface area contributed by atoms with Crippen molar-refractivity contribution in [2.75, 3.05) is 49.5 Å². The van der Waals surface area contributed by atoms with Crippen LogP contribution in [0.3, 0.4) is 0 Å². The van der Waals surface area contributed by atoms with Gasteiger partial charge in [-0.25, -0.2) is 0 Å². The topological polar surface area (TPSA) is 51.4 Å². The molecule has 1 aromatic heterocycles. The van der Waals surface area contributed by atoms with Crippen molar-refractivity contribution in [1.82, 2.24) is 14.8 Å². The number of amides is 1. The number of rotatable bonds is 6. The van der Waals surface area contributed by atoms with Crippen LogP contribution >= 0.6 is 11.8 Å². The fourth-order valence-corrected chi connectivity index (χ4v) is 5.87. The van der Waals surface area contributed by atoms with Crippen LogP contribution in [-0.2, 0) is 11.3 Å². The molecule has 168 valence electrons. The summed E-state index contributed by atoms with van der Waals surface area (Å²) in [5.41, 5.74) is 4.73. The summed E-state index contributed by atoms with van der Waals surface area (Å²) in [6.07, 6.45) is 2.17. The number of carbonyl (C=O) groups excluding carboxylic acids is 1. The maximum atomic E-state index is 12.7. The Morgan fingerprint density at radius 2 is 1.78 bits per heavy atom. The molecule has 2 N–H and O–H groups in total. The van der Waals surface area contributed by atoms with Gasteiger partial charge in [0.2, 0.25) is 5.91 Å². The van der Waals surface area contributed by atoms with Crippen LogP contribution in [0.5, 0.6) is 0 Å². The summed E-state index contributed by atoms with van der Waals surface area (Å²) in [7, 11) is 0. The summed E-state index contributed by atoms with van der Waals surface area (Å²) >= 11 is 2.03. The van der Waals surface area contributed by atoms with Crippen LogP contribution < -0.4 is 5.32 Å². The molecule has 6 heteroatoms. The van der Waals surface area contributed by atoms with Crippen molar-refractivity contribution < 1.29 is 4.79 Å². The largest absolute Gasteiger partial charge is 0.358 e. The lowest BCUT2D eigenvalue weighted by Crippen LogP contribution is -2.38. The van der Waals surface area contributed by atoms with Crippen LogP contribution in [0.4, 0.5) is 5.69 Å². The number of piperidine rings is 1. The number of carbonyl (C=O) groups is 1. The van der Waals surface area contributed by atoms with Crippen LogP contribution in [0.25, 0.3) is 10.9 Å². The first kappa shape index (κ1) is 21.6. The molecule has 2 aliphatic rings. The Morgan fingerprint density at radius 1 is 0.969 bits per heavy atom. The van der Waals surface area contributed by atoms with Crippen molar-refractivity contribution >= 4 is 34.3 Å². The molecule has 3 aromatic rings. The predicted octanol–water partition coefficient (Wildman–Crippen LogP) is 4.53. The molecule has 5 rings (SSSR count). The molecule has 0 saturated carbocycles. The van der Waals surface area contributed by atoms with E-state index >= 15 is 0 Å². The molecule has 0 unspecified atom stereocenters. The summed E-state index contributed by atoms with van der Waals surface area (Å²) in [6.45, 7) is 5.64. The van der Waals surface area contributed by atoms with Gasteiger partial charge in [-0.2, -0.15) is 11.8 Å². The predicted molar refractivity (Wildman–Crippen MR) is 134 cm³/mol. The van der Waals surface area contributed by atoms with Gasteiger partial charge in [-0.15, -0.1) is 0 Å². The average Bonchev–Trinajstić information content (AvgIpc) is 3.25. The highest BCUT2D eigenvalue weighted by Gasteiger charge is 2.23. The summed E-state index contributed by atoms with van der Waals surface area (Å²) in [4.78, 5) is 21.0. The Kier molecular flexibility index (Phi) is 6.81. The van der Waals surface area contributed by atoms with E-state index < -0.39 is 0 Å². The second kappa shape index (κ2) is 10.1. The van der Waals surface area contributed by atoms with Gasteiger partial charge in [0.05, 0.1) is 6.54 Å². The van der Waals surface area contributed by atoms with E-state index in [2.05, 4.69) is 68.6 Å². The number of hydrogen-bond acceptors (Lipinski definition) is 4. The zero-order valence-corrected chi connectivity index (χ0v) is 19.4. The van der Waals surface area contributed by atoms with E-state index in [0.717, 1.165) is 51.3 Å². The maximum absolute atomic E-state index is 12.7. The first-order valence-electron chi connectivity index (χ1n) is 11.7. The number of fused-ring (bicyclic) bond motifs is 1. The third kappa shape index (κ3) is 5.37. The first-order chi connectivity index (χ1) is 15.7. The minimum Gasteiger partial charge on any atom is -0.358 e. The number of nitrogens with zero attached hydrogens (tertiary/aromatic N) is 2. The Hall–Kier alpha value is -2.28. The van der Waals surface area contributed by atoms with Gasteiger partial charge in [0, 0.05) is 54.0 Å². The van der Waals surface area contributed by atoms with Crippen LogP contribution in [0.1, 0.15) is 30.0 Å². The highest BCUT2D eigenvalue weighted by molar-refractivity contribution is 7.99. The van der Waals surface area contributed by atoms with E-state index in [-0.39, 0.29) is 5.91 Å². The molecule has 3 heterocycles. The number of nitrogens with one attached hydrogen (secondary N) is 2. The molecular weight excluding hydrogens is 416 g/mol. The zero-order valence-electron chi connectivity index (χ0n) is 18.6. The zero-order chi connectivity index (χ0) is 21.8. The van der Waals surface area contributed by atoms with E-state index in [4.69, 9.17) is 0 Å². The lowest BCUT2D eigenvalue weighted by Gasteiger charge is -2.31. The van der Waals surface area contributed by atoms with Gasteiger partial charge in [-0.05, 0) is 61.1 Å². The fourth-order valence-electron chi connectivity index (χ4n) is 4.89. The Labute approximate surface area is 194 Å². The van der Waals surface area contributed by atoms with Crippen molar-refractivity contribution in [3.8, 4) is 0 Å². The summed E-state index contributed by atoms with van der Waals surface area (Å²) in [5, 5.41) is 4.40. The lowest BCUT2D eigenvalue weighted by molar-refractivity contribution is -0.117. The first-order valence-corrected chi connectivity index (χ1v) is 12.9. The standard InChI is InChI=1S/C26H32N4OS/c31-26(27-23-6-3-4-20(16-23)18-30-12-14-32-15-13-30)19-29-10-8-21(9-11-29)25-17-22-5-1-2-7-24(22)28-25/h1-7,16-17,21,28H,8-15,18-19H2,(H,27,31). The normalized spacial score (nSPS) is 18.8. The molecule has 2 aliphatic heterocycles. The number of hydrogen-bond donors (Lipinski definition) is 2.